The molecule has 0 radical (unpaired) electrons. The van der Waals surface area contributed by atoms with Gasteiger partial charge in [-0.25, -0.2) is 18.4 Å². The molecule has 0 aliphatic rings. The maximum atomic E-state index is 13.3. The van der Waals surface area contributed by atoms with Crippen molar-refractivity contribution in [1.82, 2.24) is 9.97 Å². The number of hydrogen-bond acceptors (Lipinski definition) is 4. The molecule has 0 aliphatic carbocycles. The first kappa shape index (κ1) is 13.8. The van der Waals surface area contributed by atoms with Crippen LogP contribution in [-0.2, 0) is 16.0 Å². The minimum atomic E-state index is -5.05. The SMILES string of the molecule is CCS(=O)(=O)c1c(F)nc(C)nc1C(F)(F)F. The van der Waals surface area contributed by atoms with Crippen LogP contribution in [0.3, 0.4) is 0 Å². The Morgan fingerprint density at radius 2 is 1.76 bits per heavy atom. The average molecular weight is 272 g/mol. The van der Waals surface area contributed by atoms with Gasteiger partial charge in [0.2, 0.25) is 5.95 Å². The molecule has 0 atom stereocenters. The van der Waals surface area contributed by atoms with Gasteiger partial charge in [0.25, 0.3) is 0 Å². The molecule has 1 rings (SSSR count). The van der Waals surface area contributed by atoms with E-state index in [0.29, 0.717) is 0 Å². The third-order valence-corrected chi connectivity index (χ3v) is 3.64. The van der Waals surface area contributed by atoms with Crippen LogP contribution >= 0.6 is 0 Å². The van der Waals surface area contributed by atoms with Crippen molar-refractivity contribution in [3.63, 3.8) is 0 Å². The van der Waals surface area contributed by atoms with Gasteiger partial charge < -0.3 is 0 Å². The quantitative estimate of drug-likeness (QED) is 0.607. The zero-order valence-corrected chi connectivity index (χ0v) is 9.65. The van der Waals surface area contributed by atoms with Crippen LogP contribution in [0.25, 0.3) is 0 Å². The number of halogens is 4. The monoisotopic (exact) mass is 272 g/mol. The summed E-state index contributed by atoms with van der Waals surface area (Å²) in [5, 5.41) is 0. The van der Waals surface area contributed by atoms with Crippen molar-refractivity contribution in [1.29, 1.82) is 0 Å². The normalized spacial score (nSPS) is 12.8. The van der Waals surface area contributed by atoms with Crippen molar-refractivity contribution in [2.75, 3.05) is 5.75 Å². The fourth-order valence-corrected chi connectivity index (χ4v) is 2.19. The first-order valence-corrected chi connectivity index (χ1v) is 6.09. The first-order valence-electron chi connectivity index (χ1n) is 4.43. The van der Waals surface area contributed by atoms with Crippen molar-refractivity contribution in [3.8, 4) is 0 Å². The van der Waals surface area contributed by atoms with E-state index < -0.39 is 44.1 Å². The fraction of sp³-hybridized carbons (Fsp3) is 0.500. The van der Waals surface area contributed by atoms with E-state index in [9.17, 15) is 26.0 Å². The molecule has 0 aromatic carbocycles. The molecular formula is C8H8F4N2O2S. The predicted octanol–water partition coefficient (Wildman–Crippen LogP) is 1.74. The number of alkyl halides is 3. The lowest BCUT2D eigenvalue weighted by Gasteiger charge is -2.12. The van der Waals surface area contributed by atoms with E-state index in [1.165, 1.54) is 0 Å². The Morgan fingerprint density at radius 3 is 2.18 bits per heavy atom. The molecule has 9 heteroatoms. The van der Waals surface area contributed by atoms with Crippen molar-refractivity contribution < 1.29 is 26.0 Å². The highest BCUT2D eigenvalue weighted by molar-refractivity contribution is 7.91. The second kappa shape index (κ2) is 4.21. The van der Waals surface area contributed by atoms with Crippen LogP contribution in [0.4, 0.5) is 17.6 Å². The molecule has 1 aromatic rings. The average Bonchev–Trinajstić information content (AvgIpc) is 2.14. The van der Waals surface area contributed by atoms with Gasteiger partial charge in [0.05, 0.1) is 5.75 Å². The Hall–Kier alpha value is -1.25. The lowest BCUT2D eigenvalue weighted by Crippen LogP contribution is -2.20. The van der Waals surface area contributed by atoms with Crippen LogP contribution in [0.15, 0.2) is 4.90 Å². The maximum absolute atomic E-state index is 13.3. The zero-order valence-electron chi connectivity index (χ0n) is 8.84. The van der Waals surface area contributed by atoms with Gasteiger partial charge in [-0.05, 0) is 6.92 Å². The summed E-state index contributed by atoms with van der Waals surface area (Å²) in [5.74, 6) is -2.82. The highest BCUT2D eigenvalue weighted by atomic mass is 32.2. The Kier molecular flexibility index (Phi) is 3.42. The van der Waals surface area contributed by atoms with Crippen LogP contribution in [0.2, 0.25) is 0 Å². The first-order chi connectivity index (χ1) is 7.59. The number of rotatable bonds is 2. The Bertz CT molecular complexity index is 539. The summed E-state index contributed by atoms with van der Waals surface area (Å²) in [7, 11) is -4.38. The summed E-state index contributed by atoms with van der Waals surface area (Å²) in [5.41, 5.74) is -1.76. The highest BCUT2D eigenvalue weighted by Crippen LogP contribution is 2.33. The Balaban J connectivity index is 3.71. The standard InChI is InChI=1S/C8H8F4N2O2S/c1-3-17(15,16)5-6(8(10,11)12)13-4(2)14-7(5)9/h3H2,1-2H3. The molecule has 0 unspecified atom stereocenters. The van der Waals surface area contributed by atoms with Gasteiger partial charge in [0.15, 0.2) is 20.4 Å². The molecule has 0 fully saturated rings. The molecule has 0 bridgehead atoms. The second-order valence-corrected chi connectivity index (χ2v) is 5.36. The number of hydrogen-bond donors (Lipinski definition) is 0. The molecule has 0 saturated heterocycles. The highest BCUT2D eigenvalue weighted by Gasteiger charge is 2.41. The topological polar surface area (TPSA) is 59.9 Å². The van der Waals surface area contributed by atoms with Gasteiger partial charge in [0, 0.05) is 0 Å². The molecule has 1 heterocycles. The molecule has 0 aliphatic heterocycles. The van der Waals surface area contributed by atoms with E-state index in [2.05, 4.69) is 9.97 Å². The summed E-state index contributed by atoms with van der Waals surface area (Å²) >= 11 is 0. The van der Waals surface area contributed by atoms with Crippen LogP contribution in [0.1, 0.15) is 18.4 Å². The van der Waals surface area contributed by atoms with Crippen LogP contribution < -0.4 is 0 Å². The molecule has 4 nitrogen and oxygen atoms in total. The van der Waals surface area contributed by atoms with E-state index in [1.807, 2.05) is 0 Å². The fourth-order valence-electron chi connectivity index (χ4n) is 1.14. The predicted molar refractivity (Wildman–Crippen MR) is 49.5 cm³/mol. The lowest BCUT2D eigenvalue weighted by atomic mass is 10.4. The summed E-state index contributed by atoms with van der Waals surface area (Å²) in [6.07, 6.45) is -5.05. The van der Waals surface area contributed by atoms with E-state index in [0.717, 1.165) is 13.8 Å². The minimum absolute atomic E-state index is 0.482. The summed E-state index contributed by atoms with van der Waals surface area (Å²) < 4.78 is 73.7. The van der Waals surface area contributed by atoms with Gasteiger partial charge >= 0.3 is 6.18 Å². The van der Waals surface area contributed by atoms with Crippen LogP contribution in [-0.4, -0.2) is 24.1 Å². The van der Waals surface area contributed by atoms with Gasteiger partial charge in [-0.2, -0.15) is 17.6 Å². The van der Waals surface area contributed by atoms with Gasteiger partial charge in [-0.1, -0.05) is 6.92 Å². The van der Waals surface area contributed by atoms with Crippen LogP contribution in [0.5, 0.6) is 0 Å². The molecule has 0 spiro atoms. The van der Waals surface area contributed by atoms with Gasteiger partial charge in [-0.3, -0.25) is 0 Å². The number of aromatic nitrogens is 2. The van der Waals surface area contributed by atoms with E-state index in [1.54, 1.807) is 0 Å². The number of sulfone groups is 1. The molecule has 17 heavy (non-hydrogen) atoms. The molecule has 0 amide bonds. The van der Waals surface area contributed by atoms with E-state index in [-0.39, 0.29) is 0 Å². The molecule has 0 N–H and O–H groups in total. The van der Waals surface area contributed by atoms with Crippen molar-refractivity contribution >= 4 is 9.84 Å². The molecule has 0 saturated carbocycles. The summed E-state index contributed by atoms with van der Waals surface area (Å²) in [4.78, 5) is 4.48. The number of aryl methyl sites for hydroxylation is 1. The number of nitrogens with zero attached hydrogens (tertiary/aromatic N) is 2. The maximum Gasteiger partial charge on any atom is 0.434 e. The second-order valence-electron chi connectivity index (χ2n) is 3.14. The summed E-state index contributed by atoms with van der Waals surface area (Å²) in [6, 6.07) is 0. The van der Waals surface area contributed by atoms with Crippen LogP contribution in [0, 0.1) is 12.9 Å². The largest absolute Gasteiger partial charge is 0.434 e. The lowest BCUT2D eigenvalue weighted by molar-refractivity contribution is -0.144. The Labute approximate surface area is 94.6 Å². The van der Waals surface area contributed by atoms with Crippen molar-refractivity contribution in [3.05, 3.63) is 17.5 Å². The minimum Gasteiger partial charge on any atom is -0.227 e. The molecule has 96 valence electrons. The van der Waals surface area contributed by atoms with Gasteiger partial charge in [0.1, 0.15) is 5.82 Å². The zero-order chi connectivity index (χ0) is 13.4. The van der Waals surface area contributed by atoms with E-state index >= 15 is 0 Å². The van der Waals surface area contributed by atoms with Gasteiger partial charge in [-0.15, -0.1) is 0 Å². The Morgan fingerprint density at radius 1 is 1.24 bits per heavy atom. The van der Waals surface area contributed by atoms with Crippen molar-refractivity contribution in [2.45, 2.75) is 24.9 Å². The molecular weight excluding hydrogens is 264 g/mol. The van der Waals surface area contributed by atoms with E-state index in [4.69, 9.17) is 0 Å². The third kappa shape index (κ3) is 2.71. The molecule has 1 aromatic heterocycles. The smallest absolute Gasteiger partial charge is 0.227 e. The summed E-state index contributed by atoms with van der Waals surface area (Å²) in [6.45, 7) is 2.15. The third-order valence-electron chi connectivity index (χ3n) is 1.90. The van der Waals surface area contributed by atoms with Crippen molar-refractivity contribution in [2.24, 2.45) is 0 Å².